The fraction of sp³-hybridized carbons (Fsp3) is 0.400. The minimum Gasteiger partial charge on any atom is -0.491 e. The van der Waals surface area contributed by atoms with Crippen LogP contribution in [0.15, 0.2) is 24.3 Å². The molecule has 0 radical (unpaired) electrons. The SMILES string of the molecule is O=[N+]([O-])c1ccc(OCC2NCCS2)cc1. The molecule has 86 valence electrons. The van der Waals surface area contributed by atoms with Gasteiger partial charge >= 0.3 is 0 Å². The van der Waals surface area contributed by atoms with Gasteiger partial charge in [-0.3, -0.25) is 10.1 Å². The zero-order valence-corrected chi connectivity index (χ0v) is 9.40. The minimum absolute atomic E-state index is 0.0840. The number of benzene rings is 1. The summed E-state index contributed by atoms with van der Waals surface area (Å²) in [5, 5.41) is 14.0. The molecule has 0 aromatic heterocycles. The standard InChI is InChI=1S/C10H12N2O3S/c13-12(14)8-1-3-9(4-2-8)15-7-10-11-5-6-16-10/h1-4,10-11H,5-7H2. The van der Waals surface area contributed by atoms with E-state index in [1.165, 1.54) is 12.1 Å². The van der Waals surface area contributed by atoms with Crippen LogP contribution in [0.5, 0.6) is 5.75 Å². The highest BCUT2D eigenvalue weighted by molar-refractivity contribution is 8.00. The Labute approximate surface area is 97.3 Å². The Morgan fingerprint density at radius 2 is 2.25 bits per heavy atom. The molecular weight excluding hydrogens is 228 g/mol. The molecule has 2 rings (SSSR count). The summed E-state index contributed by atoms with van der Waals surface area (Å²) in [5.74, 6) is 1.77. The Kier molecular flexibility index (Phi) is 3.63. The maximum atomic E-state index is 10.4. The molecular formula is C10H12N2O3S. The van der Waals surface area contributed by atoms with Crippen LogP contribution in [-0.4, -0.2) is 29.2 Å². The van der Waals surface area contributed by atoms with Crippen molar-refractivity contribution in [1.29, 1.82) is 0 Å². The van der Waals surface area contributed by atoms with Crippen molar-refractivity contribution in [2.24, 2.45) is 0 Å². The van der Waals surface area contributed by atoms with Gasteiger partial charge in [0, 0.05) is 24.4 Å². The topological polar surface area (TPSA) is 64.4 Å². The summed E-state index contributed by atoms with van der Waals surface area (Å²) >= 11 is 1.83. The van der Waals surface area contributed by atoms with Crippen molar-refractivity contribution in [2.45, 2.75) is 5.37 Å². The molecule has 0 aliphatic carbocycles. The maximum Gasteiger partial charge on any atom is 0.269 e. The van der Waals surface area contributed by atoms with Crippen molar-refractivity contribution in [3.8, 4) is 5.75 Å². The van der Waals surface area contributed by atoms with Gasteiger partial charge in [-0.25, -0.2) is 0 Å². The molecule has 0 spiro atoms. The molecule has 0 amide bonds. The first kappa shape index (κ1) is 11.2. The summed E-state index contributed by atoms with van der Waals surface area (Å²) in [6.45, 7) is 1.60. The molecule has 0 saturated carbocycles. The van der Waals surface area contributed by atoms with Crippen molar-refractivity contribution in [2.75, 3.05) is 18.9 Å². The van der Waals surface area contributed by atoms with Gasteiger partial charge in [0.05, 0.1) is 10.3 Å². The third-order valence-electron chi connectivity index (χ3n) is 2.24. The number of ether oxygens (including phenoxy) is 1. The number of non-ortho nitro benzene ring substituents is 1. The monoisotopic (exact) mass is 240 g/mol. The number of nitro benzene ring substituents is 1. The van der Waals surface area contributed by atoms with E-state index in [0.29, 0.717) is 17.7 Å². The van der Waals surface area contributed by atoms with E-state index in [9.17, 15) is 10.1 Å². The predicted molar refractivity (Wildman–Crippen MR) is 62.8 cm³/mol. The molecule has 1 N–H and O–H groups in total. The lowest BCUT2D eigenvalue weighted by atomic mass is 10.3. The third-order valence-corrected chi connectivity index (χ3v) is 3.39. The molecule has 16 heavy (non-hydrogen) atoms. The highest BCUT2D eigenvalue weighted by Crippen LogP contribution is 2.19. The van der Waals surface area contributed by atoms with E-state index in [1.54, 1.807) is 12.1 Å². The lowest BCUT2D eigenvalue weighted by molar-refractivity contribution is -0.384. The highest BCUT2D eigenvalue weighted by atomic mass is 32.2. The van der Waals surface area contributed by atoms with E-state index < -0.39 is 4.92 Å². The van der Waals surface area contributed by atoms with Crippen LogP contribution in [0.3, 0.4) is 0 Å². The Morgan fingerprint density at radius 1 is 1.50 bits per heavy atom. The summed E-state index contributed by atoms with van der Waals surface area (Å²) in [5.41, 5.74) is 0.0840. The summed E-state index contributed by atoms with van der Waals surface area (Å²) in [4.78, 5) is 10.0. The van der Waals surface area contributed by atoms with E-state index in [2.05, 4.69) is 5.32 Å². The van der Waals surface area contributed by atoms with Crippen LogP contribution in [0.25, 0.3) is 0 Å². The van der Waals surface area contributed by atoms with Gasteiger partial charge in [-0.2, -0.15) is 0 Å². The van der Waals surface area contributed by atoms with Gasteiger partial charge in [0.15, 0.2) is 0 Å². The predicted octanol–water partition coefficient (Wildman–Crippen LogP) is 1.64. The average Bonchev–Trinajstić information content (AvgIpc) is 2.80. The number of nitrogens with one attached hydrogen (secondary N) is 1. The first-order chi connectivity index (χ1) is 7.75. The lowest BCUT2D eigenvalue weighted by Gasteiger charge is -2.11. The van der Waals surface area contributed by atoms with E-state index in [4.69, 9.17) is 4.74 Å². The van der Waals surface area contributed by atoms with Crippen LogP contribution < -0.4 is 10.1 Å². The maximum absolute atomic E-state index is 10.4. The van der Waals surface area contributed by atoms with Crippen LogP contribution in [0.1, 0.15) is 0 Å². The normalized spacial score (nSPS) is 19.6. The van der Waals surface area contributed by atoms with Crippen LogP contribution in [0.2, 0.25) is 0 Å². The van der Waals surface area contributed by atoms with Crippen molar-refractivity contribution in [3.05, 3.63) is 34.4 Å². The van der Waals surface area contributed by atoms with Gasteiger partial charge in [-0.05, 0) is 12.1 Å². The van der Waals surface area contributed by atoms with E-state index >= 15 is 0 Å². The number of nitrogens with zero attached hydrogens (tertiary/aromatic N) is 1. The molecule has 1 aliphatic heterocycles. The van der Waals surface area contributed by atoms with Crippen molar-refractivity contribution < 1.29 is 9.66 Å². The number of hydrogen-bond donors (Lipinski definition) is 1. The van der Waals surface area contributed by atoms with Crippen molar-refractivity contribution in [3.63, 3.8) is 0 Å². The van der Waals surface area contributed by atoms with E-state index in [0.717, 1.165) is 12.3 Å². The summed E-state index contributed by atoms with van der Waals surface area (Å²) in [6.07, 6.45) is 0. The highest BCUT2D eigenvalue weighted by Gasteiger charge is 2.15. The Morgan fingerprint density at radius 3 is 2.81 bits per heavy atom. The van der Waals surface area contributed by atoms with Gasteiger partial charge in [0.2, 0.25) is 0 Å². The quantitative estimate of drug-likeness (QED) is 0.640. The van der Waals surface area contributed by atoms with Gasteiger partial charge < -0.3 is 10.1 Å². The van der Waals surface area contributed by atoms with Gasteiger partial charge in [0.25, 0.3) is 5.69 Å². The van der Waals surface area contributed by atoms with Gasteiger partial charge in [-0.1, -0.05) is 0 Å². The molecule has 1 saturated heterocycles. The third kappa shape index (κ3) is 2.86. The molecule has 1 unspecified atom stereocenters. The van der Waals surface area contributed by atoms with E-state index in [1.807, 2.05) is 11.8 Å². The van der Waals surface area contributed by atoms with Crippen LogP contribution in [0, 0.1) is 10.1 Å². The number of thioether (sulfide) groups is 1. The fourth-order valence-electron chi connectivity index (χ4n) is 1.42. The molecule has 1 aromatic rings. The molecule has 1 heterocycles. The summed E-state index contributed by atoms with van der Waals surface area (Å²) in [7, 11) is 0. The molecule has 0 bridgehead atoms. The second kappa shape index (κ2) is 5.18. The first-order valence-corrected chi connectivity index (χ1v) is 6.03. The first-order valence-electron chi connectivity index (χ1n) is 4.98. The molecule has 1 fully saturated rings. The smallest absolute Gasteiger partial charge is 0.269 e. The fourth-order valence-corrected chi connectivity index (χ4v) is 2.34. The Balaban J connectivity index is 1.87. The van der Waals surface area contributed by atoms with Crippen molar-refractivity contribution in [1.82, 2.24) is 5.32 Å². The van der Waals surface area contributed by atoms with Crippen LogP contribution >= 0.6 is 11.8 Å². The zero-order chi connectivity index (χ0) is 11.4. The largest absolute Gasteiger partial charge is 0.491 e. The molecule has 1 atom stereocenters. The Bertz CT molecular complexity index is 363. The molecule has 1 aliphatic rings. The van der Waals surface area contributed by atoms with Crippen LogP contribution in [0.4, 0.5) is 5.69 Å². The minimum atomic E-state index is -0.418. The van der Waals surface area contributed by atoms with Crippen LogP contribution in [-0.2, 0) is 0 Å². The molecule has 5 nitrogen and oxygen atoms in total. The van der Waals surface area contributed by atoms with Gasteiger partial charge in [0.1, 0.15) is 12.4 Å². The second-order valence-electron chi connectivity index (χ2n) is 3.38. The summed E-state index contributed by atoms with van der Waals surface area (Å²) < 4.78 is 5.52. The zero-order valence-electron chi connectivity index (χ0n) is 8.59. The number of rotatable bonds is 4. The van der Waals surface area contributed by atoms with E-state index in [-0.39, 0.29) is 5.69 Å². The molecule has 1 aromatic carbocycles. The lowest BCUT2D eigenvalue weighted by Crippen LogP contribution is -2.26. The second-order valence-corrected chi connectivity index (χ2v) is 4.69. The van der Waals surface area contributed by atoms with Crippen molar-refractivity contribution >= 4 is 17.4 Å². The van der Waals surface area contributed by atoms with Gasteiger partial charge in [-0.15, -0.1) is 11.8 Å². The Hall–Kier alpha value is -1.27. The molecule has 6 heteroatoms. The summed E-state index contributed by atoms with van der Waals surface area (Å²) in [6, 6.07) is 6.14. The number of nitro groups is 1. The number of hydrogen-bond acceptors (Lipinski definition) is 5. The average molecular weight is 240 g/mol.